The number of rotatable bonds is 5. The molecule has 0 aliphatic heterocycles. The maximum absolute atomic E-state index is 13.0. The lowest BCUT2D eigenvalue weighted by Crippen LogP contribution is -2.28. The van der Waals surface area contributed by atoms with Crippen molar-refractivity contribution in [1.82, 2.24) is 9.55 Å². The van der Waals surface area contributed by atoms with Gasteiger partial charge in [0.05, 0.1) is 5.39 Å². The Bertz CT molecular complexity index is 1020. The number of carboxylic acid groups (broad SMARTS) is 1. The molecular weight excluding hydrogens is 360 g/mol. The Morgan fingerprint density at radius 1 is 1.40 bits per heavy atom. The Morgan fingerprint density at radius 3 is 2.80 bits per heavy atom. The number of carbonyl (C=O) groups is 1. The molecule has 7 heteroatoms. The molecule has 2 heterocycles. The molecule has 0 fully saturated rings. The molecule has 3 aromatic rings. The molecule has 1 aromatic carbocycles. The zero-order valence-electron chi connectivity index (χ0n) is 13.9. The van der Waals surface area contributed by atoms with Crippen LogP contribution in [0.25, 0.3) is 21.3 Å². The van der Waals surface area contributed by atoms with Gasteiger partial charge in [-0.1, -0.05) is 24.6 Å². The van der Waals surface area contributed by atoms with Gasteiger partial charge in [0.25, 0.3) is 5.56 Å². The van der Waals surface area contributed by atoms with E-state index in [9.17, 15) is 9.59 Å². The van der Waals surface area contributed by atoms with Gasteiger partial charge in [0.1, 0.15) is 17.2 Å². The summed E-state index contributed by atoms with van der Waals surface area (Å²) in [5.74, 6) is -0.539. The smallest absolute Gasteiger partial charge is 0.323 e. The summed E-state index contributed by atoms with van der Waals surface area (Å²) in [5, 5.41) is 12.2. The molecule has 5 nitrogen and oxygen atoms in total. The average Bonchev–Trinajstić information content (AvgIpc) is 2.98. The second kappa shape index (κ2) is 6.98. The first-order valence-electron chi connectivity index (χ1n) is 7.91. The molecule has 130 valence electrons. The Labute approximate surface area is 153 Å². The molecule has 3 rings (SSSR count). The topological polar surface area (TPSA) is 72.2 Å². The quantitative estimate of drug-likeness (QED) is 0.726. The summed E-state index contributed by atoms with van der Waals surface area (Å²) in [6, 6.07) is 5.58. The number of hydrogen-bond acceptors (Lipinski definition) is 4. The fourth-order valence-electron chi connectivity index (χ4n) is 2.80. The van der Waals surface area contributed by atoms with Crippen molar-refractivity contribution in [3.05, 3.63) is 50.3 Å². The number of halogens is 1. The van der Waals surface area contributed by atoms with Crippen molar-refractivity contribution in [3.63, 3.8) is 0 Å². The number of aryl methyl sites for hydroxylation is 2. The zero-order valence-corrected chi connectivity index (χ0v) is 15.4. The van der Waals surface area contributed by atoms with Gasteiger partial charge < -0.3 is 5.11 Å². The van der Waals surface area contributed by atoms with E-state index in [1.165, 1.54) is 15.9 Å². The molecule has 0 aliphatic rings. The van der Waals surface area contributed by atoms with Crippen molar-refractivity contribution in [2.24, 2.45) is 0 Å². The molecule has 0 bridgehead atoms. The van der Waals surface area contributed by atoms with Gasteiger partial charge in [0.2, 0.25) is 0 Å². The molecule has 0 radical (unpaired) electrons. The molecule has 0 spiro atoms. The summed E-state index contributed by atoms with van der Waals surface area (Å²) in [4.78, 5) is 29.4. The van der Waals surface area contributed by atoms with Gasteiger partial charge in [-0.25, -0.2) is 4.98 Å². The fourth-order valence-corrected chi connectivity index (χ4v) is 3.88. The van der Waals surface area contributed by atoms with E-state index in [1.807, 2.05) is 31.4 Å². The number of aromatic nitrogens is 2. The minimum Gasteiger partial charge on any atom is -0.480 e. The molecule has 25 heavy (non-hydrogen) atoms. The first-order valence-corrected chi connectivity index (χ1v) is 9.17. The Kier molecular flexibility index (Phi) is 4.92. The summed E-state index contributed by atoms with van der Waals surface area (Å²) in [5.41, 5.74) is 2.25. The number of hydrogen-bond donors (Lipinski definition) is 1. The Hall–Kier alpha value is -2.18. The number of carboxylic acids is 1. The molecule has 0 amide bonds. The van der Waals surface area contributed by atoms with Crippen molar-refractivity contribution in [2.45, 2.75) is 33.2 Å². The lowest BCUT2D eigenvalue weighted by molar-refractivity contribution is -0.137. The third-order valence-corrected chi connectivity index (χ3v) is 5.31. The van der Waals surface area contributed by atoms with E-state index in [0.29, 0.717) is 27.5 Å². The average molecular weight is 377 g/mol. The minimum absolute atomic E-state index is 0.306. The molecule has 0 saturated carbocycles. The van der Waals surface area contributed by atoms with Crippen LogP contribution in [0.15, 0.2) is 28.4 Å². The molecule has 2 aromatic heterocycles. The number of fused-ring (bicyclic) bond motifs is 1. The van der Waals surface area contributed by atoms with Crippen LogP contribution in [-0.2, 0) is 17.8 Å². The van der Waals surface area contributed by atoms with Gasteiger partial charge in [0.15, 0.2) is 0 Å². The molecule has 0 unspecified atom stereocenters. The largest absolute Gasteiger partial charge is 0.480 e. The summed E-state index contributed by atoms with van der Waals surface area (Å²) < 4.78 is 1.27. The van der Waals surface area contributed by atoms with Crippen LogP contribution >= 0.6 is 22.9 Å². The third kappa shape index (κ3) is 3.32. The molecular formula is C18H17ClN2O3S. The van der Waals surface area contributed by atoms with E-state index >= 15 is 0 Å². The van der Waals surface area contributed by atoms with Gasteiger partial charge in [-0.2, -0.15) is 0 Å². The molecule has 0 atom stereocenters. The Morgan fingerprint density at radius 2 is 2.16 bits per heavy atom. The number of thiophene rings is 1. The Balaban J connectivity index is 2.27. The highest BCUT2D eigenvalue weighted by Crippen LogP contribution is 2.33. The van der Waals surface area contributed by atoms with Crippen LogP contribution in [-0.4, -0.2) is 20.6 Å². The minimum atomic E-state index is -1.06. The van der Waals surface area contributed by atoms with Gasteiger partial charge >= 0.3 is 5.97 Å². The van der Waals surface area contributed by atoms with Crippen molar-refractivity contribution in [3.8, 4) is 11.1 Å². The maximum Gasteiger partial charge on any atom is 0.323 e. The van der Waals surface area contributed by atoms with E-state index in [2.05, 4.69) is 4.98 Å². The predicted octanol–water partition coefficient (Wildman–Crippen LogP) is 4.12. The maximum atomic E-state index is 13.0. The van der Waals surface area contributed by atoms with Gasteiger partial charge in [0, 0.05) is 22.4 Å². The van der Waals surface area contributed by atoms with Crippen molar-refractivity contribution in [2.75, 3.05) is 0 Å². The highest BCUT2D eigenvalue weighted by Gasteiger charge is 2.18. The van der Waals surface area contributed by atoms with Crippen LogP contribution in [0.5, 0.6) is 0 Å². The van der Waals surface area contributed by atoms with Gasteiger partial charge in [-0.15, -0.1) is 11.3 Å². The first-order chi connectivity index (χ1) is 11.9. The van der Waals surface area contributed by atoms with E-state index in [1.54, 1.807) is 6.07 Å². The summed E-state index contributed by atoms with van der Waals surface area (Å²) in [6.07, 6.45) is 1.35. The second-order valence-corrected chi connectivity index (χ2v) is 7.12. The van der Waals surface area contributed by atoms with Crippen LogP contribution < -0.4 is 5.56 Å². The standard InChI is InChI=1S/C18H17ClN2O3S/c1-3-4-14-20-17-16(18(24)21(14)8-15(22)23)12(9-25-17)11-5-6-13(19)10(2)7-11/h5-7,9H,3-4,8H2,1-2H3,(H,22,23). The lowest BCUT2D eigenvalue weighted by Gasteiger charge is -2.10. The van der Waals surface area contributed by atoms with Crippen LogP contribution in [0.3, 0.4) is 0 Å². The lowest BCUT2D eigenvalue weighted by atomic mass is 10.0. The van der Waals surface area contributed by atoms with Crippen molar-refractivity contribution >= 4 is 39.1 Å². The van der Waals surface area contributed by atoms with Gasteiger partial charge in [-0.05, 0) is 36.6 Å². The summed E-state index contributed by atoms with van der Waals surface area (Å²) in [6.45, 7) is 3.49. The monoisotopic (exact) mass is 376 g/mol. The normalized spacial score (nSPS) is 11.2. The van der Waals surface area contributed by atoms with Crippen molar-refractivity contribution < 1.29 is 9.90 Å². The second-order valence-electron chi connectivity index (χ2n) is 5.86. The fraction of sp³-hybridized carbons (Fsp3) is 0.278. The van der Waals surface area contributed by atoms with E-state index in [4.69, 9.17) is 16.7 Å². The predicted molar refractivity (Wildman–Crippen MR) is 101 cm³/mol. The van der Waals surface area contributed by atoms with E-state index < -0.39 is 5.97 Å². The van der Waals surface area contributed by atoms with Crippen LogP contribution in [0.4, 0.5) is 0 Å². The highest BCUT2D eigenvalue weighted by atomic mass is 35.5. The van der Waals surface area contributed by atoms with E-state index in [-0.39, 0.29) is 12.1 Å². The van der Waals surface area contributed by atoms with Crippen LogP contribution in [0, 0.1) is 6.92 Å². The van der Waals surface area contributed by atoms with Crippen molar-refractivity contribution in [1.29, 1.82) is 0 Å². The van der Waals surface area contributed by atoms with Crippen LogP contribution in [0.1, 0.15) is 24.7 Å². The number of aliphatic carboxylic acids is 1. The highest BCUT2D eigenvalue weighted by molar-refractivity contribution is 7.17. The van der Waals surface area contributed by atoms with Crippen LogP contribution in [0.2, 0.25) is 5.02 Å². The number of benzene rings is 1. The SMILES string of the molecule is CCCc1nc2scc(-c3ccc(Cl)c(C)c3)c2c(=O)n1CC(=O)O. The zero-order chi connectivity index (χ0) is 18.1. The molecule has 0 saturated heterocycles. The number of nitrogens with zero attached hydrogens (tertiary/aromatic N) is 2. The summed E-state index contributed by atoms with van der Waals surface area (Å²) in [7, 11) is 0. The van der Waals surface area contributed by atoms with E-state index in [0.717, 1.165) is 23.1 Å². The third-order valence-electron chi connectivity index (χ3n) is 4.01. The molecule has 1 N–H and O–H groups in total. The summed E-state index contributed by atoms with van der Waals surface area (Å²) >= 11 is 7.48. The van der Waals surface area contributed by atoms with Gasteiger partial charge in [-0.3, -0.25) is 14.2 Å². The molecule has 0 aliphatic carbocycles. The first kappa shape index (κ1) is 17.6.